The molecule has 1 N–H and O–H groups in total. The summed E-state index contributed by atoms with van der Waals surface area (Å²) in [5.74, 6) is 0.998. The lowest BCUT2D eigenvalue weighted by Crippen LogP contribution is -2.50. The van der Waals surface area contributed by atoms with E-state index >= 15 is 0 Å². The maximum Gasteiger partial charge on any atom is 0.136 e. The molecular weight excluding hydrogens is 176 g/mol. The first-order chi connectivity index (χ1) is 6.55. The number of fused-ring (bicyclic) bond motifs is 1. The van der Waals surface area contributed by atoms with Crippen LogP contribution >= 0.6 is 0 Å². The topological polar surface area (TPSA) is 37.3 Å². The number of carbonyl (C=O) groups excluding carboxylic acids is 1. The van der Waals surface area contributed by atoms with Crippen LogP contribution < -0.4 is 0 Å². The summed E-state index contributed by atoms with van der Waals surface area (Å²) in [5.41, 5.74) is 0.0194. The van der Waals surface area contributed by atoms with Crippen LogP contribution in [0.25, 0.3) is 0 Å². The van der Waals surface area contributed by atoms with Crippen molar-refractivity contribution in [2.24, 2.45) is 17.3 Å². The molecule has 2 heteroatoms. The van der Waals surface area contributed by atoms with E-state index in [9.17, 15) is 9.90 Å². The zero-order chi connectivity index (χ0) is 10.3. The summed E-state index contributed by atoms with van der Waals surface area (Å²) in [6.07, 6.45) is 4.51. The van der Waals surface area contributed by atoms with Crippen LogP contribution in [0.3, 0.4) is 0 Å². The van der Waals surface area contributed by atoms with Gasteiger partial charge in [-0.2, -0.15) is 0 Å². The fourth-order valence-corrected chi connectivity index (χ4v) is 3.46. The molecule has 0 aromatic heterocycles. The summed E-state index contributed by atoms with van der Waals surface area (Å²) in [7, 11) is 0. The minimum Gasteiger partial charge on any atom is -0.393 e. The molecular formula is C12H20O2. The van der Waals surface area contributed by atoms with Gasteiger partial charge in [-0.25, -0.2) is 0 Å². The van der Waals surface area contributed by atoms with Crippen molar-refractivity contribution < 1.29 is 9.90 Å². The largest absolute Gasteiger partial charge is 0.393 e. The van der Waals surface area contributed by atoms with Gasteiger partial charge in [-0.3, -0.25) is 4.79 Å². The van der Waals surface area contributed by atoms with Crippen molar-refractivity contribution in [1.82, 2.24) is 0 Å². The minimum atomic E-state index is -0.184. The maximum atomic E-state index is 11.6. The Kier molecular flexibility index (Phi) is 2.42. The molecule has 0 aromatic carbocycles. The minimum absolute atomic E-state index is 0.0194. The molecule has 0 bridgehead atoms. The van der Waals surface area contributed by atoms with E-state index in [4.69, 9.17) is 0 Å². The molecule has 2 rings (SSSR count). The zero-order valence-corrected chi connectivity index (χ0v) is 9.12. The van der Waals surface area contributed by atoms with E-state index in [1.165, 1.54) is 0 Å². The Labute approximate surface area is 85.7 Å². The third-order valence-corrected chi connectivity index (χ3v) is 4.62. The number of aliphatic hydroxyl groups excluding tert-OH is 1. The highest BCUT2D eigenvalue weighted by Crippen LogP contribution is 2.51. The molecule has 0 saturated heterocycles. The number of rotatable bonds is 0. The standard InChI is InChI=1S/C12H20O2/c1-8-9-4-3-5-11(14)12(9,2)7-6-10(8)13/h8-9,11,14H,3-7H2,1-2H3/t8-,9+,11-,12-/m0/s1. The molecule has 2 aliphatic rings. The predicted octanol–water partition coefficient (Wildman–Crippen LogP) is 2.15. The molecule has 0 amide bonds. The number of hydrogen-bond acceptors (Lipinski definition) is 2. The second-order valence-electron chi connectivity index (χ2n) is 5.31. The summed E-state index contributed by atoms with van der Waals surface area (Å²) in [6, 6.07) is 0. The van der Waals surface area contributed by atoms with Crippen molar-refractivity contribution >= 4 is 5.78 Å². The predicted molar refractivity (Wildman–Crippen MR) is 54.9 cm³/mol. The fourth-order valence-electron chi connectivity index (χ4n) is 3.46. The Morgan fingerprint density at radius 3 is 2.86 bits per heavy atom. The van der Waals surface area contributed by atoms with Crippen molar-refractivity contribution in [3.05, 3.63) is 0 Å². The molecule has 2 saturated carbocycles. The van der Waals surface area contributed by atoms with Gasteiger partial charge in [-0.1, -0.05) is 20.3 Å². The molecule has 4 atom stereocenters. The van der Waals surface area contributed by atoms with Gasteiger partial charge in [0.1, 0.15) is 5.78 Å². The quantitative estimate of drug-likeness (QED) is 0.644. The first-order valence-corrected chi connectivity index (χ1v) is 5.76. The van der Waals surface area contributed by atoms with Crippen molar-refractivity contribution in [1.29, 1.82) is 0 Å². The third-order valence-electron chi connectivity index (χ3n) is 4.62. The number of ketones is 1. The highest BCUT2D eigenvalue weighted by molar-refractivity contribution is 5.82. The summed E-state index contributed by atoms with van der Waals surface area (Å²) in [6.45, 7) is 4.22. The molecule has 0 radical (unpaired) electrons. The number of Topliss-reactive ketones (excluding diaryl/α,β-unsaturated/α-hetero) is 1. The van der Waals surface area contributed by atoms with E-state index in [2.05, 4.69) is 6.92 Å². The molecule has 0 heterocycles. The van der Waals surface area contributed by atoms with Crippen LogP contribution in [0.4, 0.5) is 0 Å². The third kappa shape index (κ3) is 1.31. The van der Waals surface area contributed by atoms with Crippen LogP contribution in [0.2, 0.25) is 0 Å². The normalized spacial score (nSPS) is 48.8. The second kappa shape index (κ2) is 3.34. The van der Waals surface area contributed by atoms with Gasteiger partial charge in [0.15, 0.2) is 0 Å². The van der Waals surface area contributed by atoms with Gasteiger partial charge in [-0.05, 0) is 30.6 Å². The maximum absolute atomic E-state index is 11.6. The molecule has 2 fully saturated rings. The Morgan fingerprint density at radius 1 is 1.43 bits per heavy atom. The molecule has 0 aromatic rings. The number of hydrogen-bond donors (Lipinski definition) is 1. The summed E-state index contributed by atoms with van der Waals surface area (Å²) >= 11 is 0. The summed E-state index contributed by atoms with van der Waals surface area (Å²) < 4.78 is 0. The van der Waals surface area contributed by atoms with Crippen molar-refractivity contribution in [2.75, 3.05) is 0 Å². The van der Waals surface area contributed by atoms with Crippen molar-refractivity contribution in [3.8, 4) is 0 Å². The smallest absolute Gasteiger partial charge is 0.136 e. The highest BCUT2D eigenvalue weighted by Gasteiger charge is 2.49. The van der Waals surface area contributed by atoms with Crippen LogP contribution in [-0.2, 0) is 4.79 Å². The zero-order valence-electron chi connectivity index (χ0n) is 9.12. The SMILES string of the molecule is C[C@@H]1C(=O)CC[C@@]2(C)[C@@H]1CCC[C@@H]2O. The molecule has 0 unspecified atom stereocenters. The fraction of sp³-hybridized carbons (Fsp3) is 0.917. The highest BCUT2D eigenvalue weighted by atomic mass is 16.3. The van der Waals surface area contributed by atoms with E-state index in [0.29, 0.717) is 18.1 Å². The molecule has 2 nitrogen and oxygen atoms in total. The second-order valence-corrected chi connectivity index (χ2v) is 5.31. The average Bonchev–Trinajstić information content (AvgIpc) is 2.16. The molecule has 0 aliphatic heterocycles. The summed E-state index contributed by atoms with van der Waals surface area (Å²) in [4.78, 5) is 11.6. The lowest BCUT2D eigenvalue weighted by Gasteiger charge is -2.50. The van der Waals surface area contributed by atoms with Gasteiger partial charge in [0.05, 0.1) is 6.10 Å². The number of aliphatic hydroxyl groups is 1. The van der Waals surface area contributed by atoms with Crippen LogP contribution in [0.5, 0.6) is 0 Å². The first kappa shape index (κ1) is 10.2. The Hall–Kier alpha value is -0.370. The first-order valence-electron chi connectivity index (χ1n) is 5.76. The van der Waals surface area contributed by atoms with Crippen LogP contribution in [0.1, 0.15) is 46.0 Å². The van der Waals surface area contributed by atoms with Crippen molar-refractivity contribution in [2.45, 2.75) is 52.1 Å². The van der Waals surface area contributed by atoms with E-state index in [1.807, 2.05) is 6.92 Å². The Morgan fingerprint density at radius 2 is 2.14 bits per heavy atom. The van der Waals surface area contributed by atoms with Crippen LogP contribution in [0, 0.1) is 17.3 Å². The van der Waals surface area contributed by atoms with Crippen LogP contribution in [0.15, 0.2) is 0 Å². The summed E-state index contributed by atoms with van der Waals surface area (Å²) in [5, 5.41) is 10.1. The van der Waals surface area contributed by atoms with Gasteiger partial charge in [0.25, 0.3) is 0 Å². The Bertz CT molecular complexity index is 249. The van der Waals surface area contributed by atoms with Gasteiger partial charge < -0.3 is 5.11 Å². The lowest BCUT2D eigenvalue weighted by atomic mass is 9.55. The van der Waals surface area contributed by atoms with Crippen LogP contribution in [-0.4, -0.2) is 17.0 Å². The van der Waals surface area contributed by atoms with Gasteiger partial charge >= 0.3 is 0 Å². The van der Waals surface area contributed by atoms with Gasteiger partial charge in [-0.15, -0.1) is 0 Å². The molecule has 2 aliphatic carbocycles. The van der Waals surface area contributed by atoms with Gasteiger partial charge in [0.2, 0.25) is 0 Å². The van der Waals surface area contributed by atoms with E-state index in [0.717, 1.165) is 25.7 Å². The monoisotopic (exact) mass is 196 g/mol. The Balaban J connectivity index is 2.25. The van der Waals surface area contributed by atoms with Crippen molar-refractivity contribution in [3.63, 3.8) is 0 Å². The number of carbonyl (C=O) groups is 1. The lowest BCUT2D eigenvalue weighted by molar-refractivity contribution is -0.140. The van der Waals surface area contributed by atoms with E-state index < -0.39 is 0 Å². The molecule has 0 spiro atoms. The van der Waals surface area contributed by atoms with Gasteiger partial charge in [0, 0.05) is 12.3 Å². The van der Waals surface area contributed by atoms with E-state index in [1.54, 1.807) is 0 Å². The van der Waals surface area contributed by atoms with E-state index in [-0.39, 0.29) is 17.4 Å². The molecule has 14 heavy (non-hydrogen) atoms. The molecule has 80 valence electrons. The average molecular weight is 196 g/mol.